The van der Waals surface area contributed by atoms with Gasteiger partial charge in [0.05, 0.1) is 12.6 Å². The van der Waals surface area contributed by atoms with Crippen LogP contribution in [0, 0.1) is 0 Å². The second kappa shape index (κ2) is 8.81. The van der Waals surface area contributed by atoms with Crippen LogP contribution in [-0.2, 0) is 20.8 Å². The molecule has 0 bridgehead atoms. The van der Waals surface area contributed by atoms with Gasteiger partial charge in [0.1, 0.15) is 22.1 Å². The molecule has 2 aliphatic heterocycles. The van der Waals surface area contributed by atoms with Gasteiger partial charge in [-0.25, -0.2) is 9.78 Å². The van der Waals surface area contributed by atoms with Crippen molar-refractivity contribution in [3.05, 3.63) is 47.3 Å². The number of nitrogen functional groups attached to an aromatic ring is 2. The molecule has 2 atom stereocenters. The van der Waals surface area contributed by atoms with Crippen LogP contribution in [0.4, 0.5) is 10.7 Å². The standard InChI is InChI=1S/C19H19N5O4S3/c20-11-4-2-1-3-9(11)5-13(25)23-14-16(26)24-15(18(27)28)10(7-29-17(14)24)8-30-19-22-6-12(21)31-19/h1-4,6,14,17H,5,7-8,20-21H2,(H,23,25)(H,27,28)/t14?,17-/m1/s1. The number of thioether (sulfide) groups is 2. The van der Waals surface area contributed by atoms with Crippen molar-refractivity contribution in [3.63, 3.8) is 0 Å². The van der Waals surface area contributed by atoms with Gasteiger partial charge in [0.25, 0.3) is 5.91 Å². The average Bonchev–Trinajstić information content (AvgIpc) is 3.16. The van der Waals surface area contributed by atoms with E-state index in [0.29, 0.717) is 33.3 Å². The van der Waals surface area contributed by atoms with Gasteiger partial charge in [0.15, 0.2) is 4.34 Å². The number of aromatic nitrogens is 1. The predicted octanol–water partition coefficient (Wildman–Crippen LogP) is 1.38. The van der Waals surface area contributed by atoms with Crippen LogP contribution >= 0.6 is 34.9 Å². The predicted molar refractivity (Wildman–Crippen MR) is 121 cm³/mol. The van der Waals surface area contributed by atoms with E-state index < -0.39 is 23.3 Å². The number of nitrogens with zero attached hydrogens (tertiary/aromatic N) is 2. The highest BCUT2D eigenvalue weighted by atomic mass is 32.2. The smallest absolute Gasteiger partial charge is 0.352 e. The van der Waals surface area contributed by atoms with Gasteiger partial charge >= 0.3 is 5.97 Å². The molecule has 0 saturated carbocycles. The van der Waals surface area contributed by atoms with Crippen LogP contribution in [0.15, 0.2) is 46.1 Å². The van der Waals surface area contributed by atoms with Gasteiger partial charge in [0.2, 0.25) is 5.91 Å². The van der Waals surface area contributed by atoms with E-state index in [0.717, 1.165) is 4.34 Å². The van der Waals surface area contributed by atoms with Crippen LogP contribution in [0.2, 0.25) is 0 Å². The van der Waals surface area contributed by atoms with Crippen molar-refractivity contribution in [2.45, 2.75) is 22.2 Å². The molecule has 1 unspecified atom stereocenters. The summed E-state index contributed by atoms with van der Waals surface area (Å²) in [5.74, 6) is -1.08. The van der Waals surface area contributed by atoms with E-state index in [1.807, 2.05) is 0 Å². The Morgan fingerprint density at radius 2 is 2.10 bits per heavy atom. The third-order valence-electron chi connectivity index (χ3n) is 4.84. The molecule has 2 aliphatic rings. The zero-order chi connectivity index (χ0) is 22.1. The van der Waals surface area contributed by atoms with Crippen molar-refractivity contribution in [2.75, 3.05) is 23.0 Å². The monoisotopic (exact) mass is 477 g/mol. The quantitative estimate of drug-likeness (QED) is 0.263. The first-order valence-corrected chi connectivity index (χ1v) is 12.1. The topological polar surface area (TPSA) is 152 Å². The van der Waals surface area contributed by atoms with Crippen molar-refractivity contribution in [2.24, 2.45) is 0 Å². The number of anilines is 2. The first-order chi connectivity index (χ1) is 14.8. The van der Waals surface area contributed by atoms with Crippen LogP contribution in [0.5, 0.6) is 0 Å². The van der Waals surface area contributed by atoms with E-state index >= 15 is 0 Å². The van der Waals surface area contributed by atoms with Crippen molar-refractivity contribution < 1.29 is 19.5 Å². The van der Waals surface area contributed by atoms with Gasteiger partial charge in [0, 0.05) is 17.2 Å². The average molecular weight is 478 g/mol. The maximum absolute atomic E-state index is 12.7. The molecule has 4 rings (SSSR count). The maximum atomic E-state index is 12.7. The largest absolute Gasteiger partial charge is 0.477 e. The van der Waals surface area contributed by atoms with Gasteiger partial charge in [-0.2, -0.15) is 0 Å². The molecule has 0 spiro atoms. The van der Waals surface area contributed by atoms with Crippen LogP contribution < -0.4 is 16.8 Å². The molecule has 12 heteroatoms. The van der Waals surface area contributed by atoms with Crippen molar-refractivity contribution in [3.8, 4) is 0 Å². The van der Waals surface area contributed by atoms with Gasteiger partial charge in [-0.15, -0.1) is 11.8 Å². The summed E-state index contributed by atoms with van der Waals surface area (Å²) in [6.45, 7) is 0. The Morgan fingerprint density at radius 3 is 2.77 bits per heavy atom. The number of β-lactam (4-membered cyclic amide) rings is 1. The minimum Gasteiger partial charge on any atom is -0.477 e. The van der Waals surface area contributed by atoms with Gasteiger partial charge < -0.3 is 21.9 Å². The summed E-state index contributed by atoms with van der Waals surface area (Å²) in [5, 5.41) is 12.6. The summed E-state index contributed by atoms with van der Waals surface area (Å²) in [6.07, 6.45) is 1.61. The third kappa shape index (κ3) is 4.36. The number of hydrogen-bond donors (Lipinski definition) is 4. The third-order valence-corrected chi connectivity index (χ3v) is 8.25. The summed E-state index contributed by atoms with van der Waals surface area (Å²) < 4.78 is 0.738. The number of carbonyl (C=O) groups excluding carboxylic acids is 2. The fraction of sp³-hybridized carbons (Fsp3) is 0.263. The number of nitrogens with one attached hydrogen (secondary N) is 1. The minimum atomic E-state index is -1.16. The van der Waals surface area contributed by atoms with Crippen molar-refractivity contribution in [1.29, 1.82) is 0 Å². The lowest BCUT2D eigenvalue weighted by atomic mass is 10.0. The number of benzene rings is 1. The van der Waals surface area contributed by atoms with E-state index in [1.54, 1.807) is 30.5 Å². The number of fused-ring (bicyclic) bond motifs is 1. The van der Waals surface area contributed by atoms with E-state index in [4.69, 9.17) is 11.5 Å². The molecule has 2 aromatic rings. The molecule has 31 heavy (non-hydrogen) atoms. The number of amides is 2. The lowest BCUT2D eigenvalue weighted by Crippen LogP contribution is -2.70. The Hall–Kier alpha value is -2.70. The Labute approximate surface area is 190 Å². The fourth-order valence-electron chi connectivity index (χ4n) is 3.37. The summed E-state index contributed by atoms with van der Waals surface area (Å²) in [6, 6.07) is 6.27. The molecule has 9 nitrogen and oxygen atoms in total. The highest BCUT2D eigenvalue weighted by molar-refractivity contribution is 8.02. The fourth-order valence-corrected chi connectivity index (χ4v) is 6.62. The first kappa shape index (κ1) is 21.5. The Balaban J connectivity index is 1.43. The summed E-state index contributed by atoms with van der Waals surface area (Å²) >= 11 is 4.15. The molecule has 6 N–H and O–H groups in total. The first-order valence-electron chi connectivity index (χ1n) is 9.22. The highest BCUT2D eigenvalue weighted by Crippen LogP contribution is 2.42. The number of aliphatic carboxylic acids is 1. The van der Waals surface area contributed by atoms with Crippen LogP contribution in [0.3, 0.4) is 0 Å². The minimum absolute atomic E-state index is 0.0106. The summed E-state index contributed by atoms with van der Waals surface area (Å²) in [7, 11) is 0. The van der Waals surface area contributed by atoms with Crippen LogP contribution in [0.25, 0.3) is 0 Å². The Bertz CT molecular complexity index is 1090. The molecule has 1 aromatic carbocycles. The highest BCUT2D eigenvalue weighted by Gasteiger charge is 2.54. The maximum Gasteiger partial charge on any atom is 0.352 e. The Morgan fingerprint density at radius 1 is 1.32 bits per heavy atom. The number of para-hydroxylation sites is 1. The number of rotatable bonds is 7. The number of thiazole rings is 1. The number of carbonyl (C=O) groups is 3. The van der Waals surface area contributed by atoms with Gasteiger partial charge in [-0.1, -0.05) is 41.3 Å². The SMILES string of the molecule is Nc1cnc(SCC2=C(C(=O)O)N3C(=O)C(NC(=O)Cc4ccccc4N)[C@H]3SC2)s1. The number of nitrogens with two attached hydrogens (primary N) is 2. The lowest BCUT2D eigenvalue weighted by Gasteiger charge is -2.49. The van der Waals surface area contributed by atoms with Crippen LogP contribution in [-0.4, -0.2) is 55.7 Å². The lowest BCUT2D eigenvalue weighted by molar-refractivity contribution is -0.150. The second-order valence-electron chi connectivity index (χ2n) is 6.91. The molecule has 0 radical (unpaired) electrons. The molecule has 0 aliphatic carbocycles. The molecule has 1 aromatic heterocycles. The summed E-state index contributed by atoms with van der Waals surface area (Å²) in [5.41, 5.74) is 13.4. The molecule has 3 heterocycles. The van der Waals surface area contributed by atoms with E-state index in [9.17, 15) is 19.5 Å². The van der Waals surface area contributed by atoms with Crippen molar-refractivity contribution >= 4 is 63.3 Å². The molecular formula is C19H19N5O4S3. The molecule has 162 valence electrons. The normalized spacial score (nSPS) is 20.3. The van der Waals surface area contributed by atoms with E-state index in [-0.39, 0.29) is 18.0 Å². The zero-order valence-corrected chi connectivity index (χ0v) is 18.6. The van der Waals surface area contributed by atoms with E-state index in [1.165, 1.54) is 39.8 Å². The van der Waals surface area contributed by atoms with Crippen molar-refractivity contribution in [1.82, 2.24) is 15.2 Å². The van der Waals surface area contributed by atoms with Gasteiger partial charge in [-0.3, -0.25) is 14.5 Å². The molecule has 1 fully saturated rings. The Kier molecular flexibility index (Phi) is 6.12. The zero-order valence-electron chi connectivity index (χ0n) is 16.1. The number of hydrogen-bond acceptors (Lipinski definition) is 9. The van der Waals surface area contributed by atoms with Gasteiger partial charge in [-0.05, 0) is 17.2 Å². The molecule has 2 amide bonds. The molecular weight excluding hydrogens is 458 g/mol. The summed E-state index contributed by atoms with van der Waals surface area (Å²) in [4.78, 5) is 42.5. The second-order valence-corrected chi connectivity index (χ2v) is 10.3. The number of carboxylic acid groups (broad SMARTS) is 1. The van der Waals surface area contributed by atoms with Crippen LogP contribution in [0.1, 0.15) is 5.56 Å². The molecule has 1 saturated heterocycles. The van der Waals surface area contributed by atoms with E-state index in [2.05, 4.69) is 10.3 Å². The number of carboxylic acids is 1.